The predicted octanol–water partition coefficient (Wildman–Crippen LogP) is 2.55. The van der Waals surface area contributed by atoms with Gasteiger partial charge in [0.05, 0.1) is 0 Å². The molecule has 1 aromatic rings. The minimum atomic E-state index is -0.713. The van der Waals surface area contributed by atoms with Gasteiger partial charge in [-0.2, -0.15) is 0 Å². The highest BCUT2D eigenvalue weighted by Gasteiger charge is 2.52. The van der Waals surface area contributed by atoms with E-state index in [0.717, 1.165) is 19.0 Å². The van der Waals surface area contributed by atoms with Gasteiger partial charge in [0.15, 0.2) is 0 Å². The van der Waals surface area contributed by atoms with Gasteiger partial charge in [-0.05, 0) is 62.5 Å². The Morgan fingerprint density at radius 3 is 2.54 bits per heavy atom. The van der Waals surface area contributed by atoms with Crippen LogP contribution in [0.15, 0.2) is 24.3 Å². The first-order valence-corrected chi connectivity index (χ1v) is 9.09. The summed E-state index contributed by atoms with van der Waals surface area (Å²) in [6, 6.07) is 8.04. The Kier molecular flexibility index (Phi) is 4.31. The van der Waals surface area contributed by atoms with Crippen molar-refractivity contribution in [1.82, 2.24) is 9.80 Å². The molecule has 5 heteroatoms. The molecule has 0 spiro atoms. The molecule has 5 rings (SSSR count). The Morgan fingerprint density at radius 1 is 1.17 bits per heavy atom. The number of nitrogens with zero attached hydrogens (tertiary/aromatic N) is 2. The number of fused-ring (bicyclic) bond motifs is 2. The van der Waals surface area contributed by atoms with Crippen LogP contribution in [0.1, 0.15) is 37.2 Å². The predicted molar refractivity (Wildman–Crippen MR) is 89.5 cm³/mol. The van der Waals surface area contributed by atoms with Gasteiger partial charge in [0.2, 0.25) is 0 Å². The van der Waals surface area contributed by atoms with E-state index in [0.29, 0.717) is 24.4 Å². The SMILES string of the molecule is O=C(O)CCCN1C[C@H](c2ccc(F)cc2)[C@@H]2[C@H]1C1CCN2CC1. The number of piperidine rings is 3. The summed E-state index contributed by atoms with van der Waals surface area (Å²) in [5.41, 5.74) is 1.22. The summed E-state index contributed by atoms with van der Waals surface area (Å²) < 4.78 is 13.3. The van der Waals surface area contributed by atoms with Gasteiger partial charge in [-0.15, -0.1) is 0 Å². The van der Waals surface area contributed by atoms with Crippen molar-refractivity contribution in [2.75, 3.05) is 26.2 Å². The molecule has 24 heavy (non-hydrogen) atoms. The van der Waals surface area contributed by atoms with E-state index in [-0.39, 0.29) is 12.2 Å². The molecule has 0 saturated carbocycles. The normalized spacial score (nSPS) is 35.1. The molecule has 0 aromatic heterocycles. The van der Waals surface area contributed by atoms with Crippen LogP contribution < -0.4 is 0 Å². The first kappa shape index (κ1) is 16.0. The summed E-state index contributed by atoms with van der Waals surface area (Å²) in [5.74, 6) is 0.241. The molecule has 0 aliphatic carbocycles. The van der Waals surface area contributed by atoms with Crippen LogP contribution in [0.5, 0.6) is 0 Å². The van der Waals surface area contributed by atoms with E-state index in [9.17, 15) is 9.18 Å². The Balaban J connectivity index is 1.56. The quantitative estimate of drug-likeness (QED) is 0.900. The number of hydrogen-bond acceptors (Lipinski definition) is 3. The summed E-state index contributed by atoms with van der Waals surface area (Å²) in [5, 5.41) is 8.92. The van der Waals surface area contributed by atoms with E-state index >= 15 is 0 Å². The second-order valence-electron chi connectivity index (χ2n) is 7.50. The van der Waals surface area contributed by atoms with Gasteiger partial charge in [-0.3, -0.25) is 14.6 Å². The fourth-order valence-electron chi connectivity index (χ4n) is 5.23. The van der Waals surface area contributed by atoms with E-state index < -0.39 is 5.97 Å². The van der Waals surface area contributed by atoms with E-state index in [2.05, 4.69) is 9.80 Å². The van der Waals surface area contributed by atoms with Gasteiger partial charge in [0.25, 0.3) is 0 Å². The number of likely N-dealkylation sites (tertiary alicyclic amines) is 1. The van der Waals surface area contributed by atoms with Crippen LogP contribution >= 0.6 is 0 Å². The molecule has 4 heterocycles. The minimum absolute atomic E-state index is 0.183. The van der Waals surface area contributed by atoms with Crippen LogP contribution in [-0.2, 0) is 4.79 Å². The van der Waals surface area contributed by atoms with Gasteiger partial charge < -0.3 is 5.11 Å². The van der Waals surface area contributed by atoms with Crippen LogP contribution in [0.4, 0.5) is 4.39 Å². The monoisotopic (exact) mass is 332 g/mol. The summed E-state index contributed by atoms with van der Waals surface area (Å²) >= 11 is 0. The molecule has 3 atom stereocenters. The second kappa shape index (κ2) is 6.45. The number of benzene rings is 1. The van der Waals surface area contributed by atoms with Crippen LogP contribution in [0.25, 0.3) is 0 Å². The summed E-state index contributed by atoms with van der Waals surface area (Å²) in [6.45, 7) is 4.17. The average molecular weight is 332 g/mol. The first-order valence-electron chi connectivity index (χ1n) is 9.09. The molecule has 4 nitrogen and oxygen atoms in total. The molecule has 0 radical (unpaired) electrons. The number of carboxylic acid groups (broad SMARTS) is 1. The number of carbonyl (C=O) groups is 1. The molecule has 0 unspecified atom stereocenters. The number of carboxylic acids is 1. The van der Waals surface area contributed by atoms with Crippen LogP contribution in [0.2, 0.25) is 0 Å². The summed E-state index contributed by atoms with van der Waals surface area (Å²) in [6.07, 6.45) is 3.46. The summed E-state index contributed by atoms with van der Waals surface area (Å²) in [7, 11) is 0. The largest absolute Gasteiger partial charge is 0.481 e. The highest BCUT2D eigenvalue weighted by atomic mass is 19.1. The molecular formula is C19H25FN2O2. The topological polar surface area (TPSA) is 43.8 Å². The lowest BCUT2D eigenvalue weighted by Crippen LogP contribution is -2.60. The second-order valence-corrected chi connectivity index (χ2v) is 7.50. The molecule has 2 bridgehead atoms. The van der Waals surface area contributed by atoms with Crippen LogP contribution in [0.3, 0.4) is 0 Å². The number of rotatable bonds is 5. The maximum absolute atomic E-state index is 13.3. The zero-order chi connectivity index (χ0) is 16.7. The molecule has 0 amide bonds. The van der Waals surface area contributed by atoms with Gasteiger partial charge in [-0.1, -0.05) is 12.1 Å². The van der Waals surface area contributed by atoms with E-state index in [1.165, 1.54) is 31.5 Å². The van der Waals surface area contributed by atoms with E-state index in [1.807, 2.05) is 12.1 Å². The lowest BCUT2D eigenvalue weighted by Gasteiger charge is -2.51. The Labute approximate surface area is 142 Å². The molecule has 1 aromatic carbocycles. The van der Waals surface area contributed by atoms with Crippen molar-refractivity contribution in [2.45, 2.75) is 43.7 Å². The third-order valence-electron chi connectivity index (χ3n) is 6.23. The Bertz CT molecular complexity index is 598. The van der Waals surface area contributed by atoms with Crippen molar-refractivity contribution >= 4 is 5.97 Å². The summed E-state index contributed by atoms with van der Waals surface area (Å²) in [4.78, 5) is 16.0. The fourth-order valence-corrected chi connectivity index (χ4v) is 5.23. The van der Waals surface area contributed by atoms with Crippen molar-refractivity contribution in [3.63, 3.8) is 0 Å². The Hall–Kier alpha value is -1.46. The highest BCUT2D eigenvalue weighted by Crippen LogP contribution is 2.46. The number of hydrogen-bond donors (Lipinski definition) is 1. The van der Waals surface area contributed by atoms with Crippen LogP contribution in [-0.4, -0.2) is 59.1 Å². The van der Waals surface area contributed by atoms with E-state index in [1.54, 1.807) is 12.1 Å². The molecule has 4 aliphatic heterocycles. The van der Waals surface area contributed by atoms with Crippen molar-refractivity contribution in [2.24, 2.45) is 5.92 Å². The smallest absolute Gasteiger partial charge is 0.303 e. The standard InChI is InChI=1S/C19H25FN2O2/c20-15-5-3-13(4-6-15)16-12-22(9-1-2-17(23)24)18-14-7-10-21(11-8-14)19(16)18/h3-6,14,16,18-19H,1-2,7-12H2,(H,23,24)/t16-,18-,19-/m1/s1. The molecule has 4 fully saturated rings. The van der Waals surface area contributed by atoms with Gasteiger partial charge in [-0.25, -0.2) is 4.39 Å². The fraction of sp³-hybridized carbons (Fsp3) is 0.632. The van der Waals surface area contributed by atoms with Crippen molar-refractivity contribution < 1.29 is 14.3 Å². The molecule has 4 aliphatic rings. The molecule has 1 N–H and O–H groups in total. The van der Waals surface area contributed by atoms with Gasteiger partial charge >= 0.3 is 5.97 Å². The molecule has 130 valence electrons. The van der Waals surface area contributed by atoms with Crippen molar-refractivity contribution in [3.05, 3.63) is 35.6 Å². The zero-order valence-corrected chi connectivity index (χ0v) is 13.9. The maximum Gasteiger partial charge on any atom is 0.303 e. The maximum atomic E-state index is 13.3. The van der Waals surface area contributed by atoms with Crippen molar-refractivity contribution in [3.8, 4) is 0 Å². The average Bonchev–Trinajstić information content (AvgIpc) is 2.98. The zero-order valence-electron chi connectivity index (χ0n) is 13.9. The highest BCUT2D eigenvalue weighted by molar-refractivity contribution is 5.66. The lowest BCUT2D eigenvalue weighted by molar-refractivity contribution is -0.137. The first-order chi connectivity index (χ1) is 11.6. The van der Waals surface area contributed by atoms with Gasteiger partial charge in [0.1, 0.15) is 5.82 Å². The molecular weight excluding hydrogens is 307 g/mol. The number of halogens is 1. The Morgan fingerprint density at radius 2 is 1.88 bits per heavy atom. The third kappa shape index (κ3) is 2.84. The third-order valence-corrected chi connectivity index (χ3v) is 6.23. The van der Waals surface area contributed by atoms with Crippen LogP contribution in [0, 0.1) is 11.7 Å². The lowest BCUT2D eigenvalue weighted by atomic mass is 9.75. The number of aliphatic carboxylic acids is 1. The molecule has 4 saturated heterocycles. The van der Waals surface area contributed by atoms with Gasteiger partial charge in [0, 0.05) is 31.0 Å². The van der Waals surface area contributed by atoms with Crippen molar-refractivity contribution in [1.29, 1.82) is 0 Å². The van der Waals surface area contributed by atoms with E-state index in [4.69, 9.17) is 5.11 Å². The minimum Gasteiger partial charge on any atom is -0.481 e.